The molecule has 3 nitrogen and oxygen atoms in total. The van der Waals surface area contributed by atoms with Gasteiger partial charge in [0.15, 0.2) is 0 Å². The molecule has 2 aliphatic rings. The van der Waals surface area contributed by atoms with E-state index in [1.165, 1.54) is 4.90 Å². The molecule has 1 saturated carbocycles. The Balaban J connectivity index is 2.23. The van der Waals surface area contributed by atoms with Gasteiger partial charge in [0.2, 0.25) is 11.8 Å². The van der Waals surface area contributed by atoms with Crippen LogP contribution in [0.2, 0.25) is 0 Å². The fraction of sp³-hybridized carbons (Fsp3) is 0.556. The van der Waals surface area contributed by atoms with Crippen LogP contribution < -0.4 is 0 Å². The largest absolute Gasteiger partial charge is 0.274 e. The second-order valence-corrected chi connectivity index (χ2v) is 3.34. The first kappa shape index (κ1) is 7.35. The molecule has 12 heavy (non-hydrogen) atoms. The number of hydrogen-bond donors (Lipinski definition) is 0. The van der Waals surface area contributed by atoms with Gasteiger partial charge in [0, 0.05) is 0 Å². The zero-order valence-corrected chi connectivity index (χ0v) is 6.78. The Labute approximate surface area is 70.7 Å². The number of likely N-dealkylation sites (tertiary alicyclic amines) is 1. The van der Waals surface area contributed by atoms with Crippen LogP contribution in [0.15, 0.2) is 0 Å². The average Bonchev–Trinajstić information content (AvgIpc) is 2.78. The number of amides is 2. The van der Waals surface area contributed by atoms with Crippen molar-refractivity contribution in [3.05, 3.63) is 0 Å². The van der Waals surface area contributed by atoms with Crippen molar-refractivity contribution >= 4 is 11.8 Å². The topological polar surface area (TPSA) is 37.4 Å². The van der Waals surface area contributed by atoms with Crippen molar-refractivity contribution in [1.29, 1.82) is 0 Å². The van der Waals surface area contributed by atoms with Crippen LogP contribution in [-0.2, 0) is 9.59 Å². The van der Waals surface area contributed by atoms with Crippen LogP contribution in [0.3, 0.4) is 0 Å². The van der Waals surface area contributed by atoms with E-state index in [9.17, 15) is 9.59 Å². The molecule has 1 heterocycles. The van der Waals surface area contributed by atoms with Gasteiger partial charge in [-0.15, -0.1) is 6.42 Å². The van der Waals surface area contributed by atoms with E-state index in [0.717, 1.165) is 6.42 Å². The summed E-state index contributed by atoms with van der Waals surface area (Å²) < 4.78 is 0. The van der Waals surface area contributed by atoms with E-state index in [0.29, 0.717) is 0 Å². The van der Waals surface area contributed by atoms with Crippen LogP contribution in [0.25, 0.3) is 0 Å². The average molecular weight is 163 g/mol. The van der Waals surface area contributed by atoms with E-state index in [-0.39, 0.29) is 29.7 Å². The number of fused-ring (bicyclic) bond motifs is 1. The van der Waals surface area contributed by atoms with Crippen LogP contribution in [-0.4, -0.2) is 22.8 Å². The third-order valence-electron chi connectivity index (χ3n) is 2.53. The van der Waals surface area contributed by atoms with Crippen LogP contribution in [0.1, 0.15) is 13.3 Å². The number of terminal acetylenes is 1. The SMILES string of the molecule is C#CC(C)N1C(=O)C2CC2C1=O. The lowest BCUT2D eigenvalue weighted by molar-refractivity contribution is -0.142. The van der Waals surface area contributed by atoms with Crippen molar-refractivity contribution in [3.63, 3.8) is 0 Å². The molecule has 1 aliphatic heterocycles. The first-order valence-corrected chi connectivity index (χ1v) is 4.00. The molecule has 1 saturated heterocycles. The quantitative estimate of drug-likeness (QED) is 0.403. The van der Waals surface area contributed by atoms with E-state index < -0.39 is 0 Å². The summed E-state index contributed by atoms with van der Waals surface area (Å²) in [6.45, 7) is 1.70. The summed E-state index contributed by atoms with van der Waals surface area (Å²) >= 11 is 0. The van der Waals surface area contributed by atoms with Crippen LogP contribution in [0.5, 0.6) is 0 Å². The van der Waals surface area contributed by atoms with E-state index >= 15 is 0 Å². The fourth-order valence-electron chi connectivity index (χ4n) is 1.66. The van der Waals surface area contributed by atoms with Crippen molar-refractivity contribution in [3.8, 4) is 12.3 Å². The molecule has 0 radical (unpaired) electrons. The Morgan fingerprint density at radius 3 is 2.42 bits per heavy atom. The number of piperidine rings is 1. The molecule has 62 valence electrons. The fourth-order valence-corrected chi connectivity index (χ4v) is 1.66. The monoisotopic (exact) mass is 163 g/mol. The molecular formula is C9H9NO2. The van der Waals surface area contributed by atoms with Crippen molar-refractivity contribution < 1.29 is 9.59 Å². The van der Waals surface area contributed by atoms with Gasteiger partial charge in [-0.3, -0.25) is 14.5 Å². The van der Waals surface area contributed by atoms with Crippen molar-refractivity contribution in [2.75, 3.05) is 0 Å². The summed E-state index contributed by atoms with van der Waals surface area (Å²) in [5.74, 6) is 2.18. The van der Waals surface area contributed by atoms with E-state index in [1.54, 1.807) is 6.92 Å². The third kappa shape index (κ3) is 0.724. The molecule has 3 unspecified atom stereocenters. The lowest BCUT2D eigenvalue weighted by Gasteiger charge is -2.19. The Morgan fingerprint density at radius 2 is 2.00 bits per heavy atom. The summed E-state index contributed by atoms with van der Waals surface area (Å²) in [7, 11) is 0. The van der Waals surface area contributed by atoms with Crippen molar-refractivity contribution in [2.24, 2.45) is 11.8 Å². The minimum absolute atomic E-state index is 0.0340. The normalized spacial score (nSPS) is 34.5. The predicted molar refractivity (Wildman–Crippen MR) is 41.7 cm³/mol. The number of hydrogen-bond acceptors (Lipinski definition) is 2. The minimum Gasteiger partial charge on any atom is -0.274 e. The lowest BCUT2D eigenvalue weighted by atomic mass is 10.3. The molecule has 2 amide bonds. The molecule has 0 bridgehead atoms. The van der Waals surface area contributed by atoms with Gasteiger partial charge in [-0.25, -0.2) is 0 Å². The van der Waals surface area contributed by atoms with Crippen molar-refractivity contribution in [1.82, 2.24) is 4.90 Å². The summed E-state index contributed by atoms with van der Waals surface area (Å²) in [6, 6.07) is -0.377. The Bertz CT molecular complexity index is 282. The molecule has 0 aromatic carbocycles. The highest BCUT2D eigenvalue weighted by molar-refractivity contribution is 6.09. The molecule has 0 aromatic heterocycles. The maximum Gasteiger partial charge on any atom is 0.234 e. The predicted octanol–water partition coefficient (Wildman–Crippen LogP) is 0.0130. The number of nitrogens with zero attached hydrogens (tertiary/aromatic N) is 1. The molecule has 2 rings (SSSR count). The van der Waals surface area contributed by atoms with Crippen LogP contribution >= 0.6 is 0 Å². The first-order valence-electron chi connectivity index (χ1n) is 4.00. The number of rotatable bonds is 1. The second kappa shape index (κ2) is 2.10. The second-order valence-electron chi connectivity index (χ2n) is 3.34. The summed E-state index contributed by atoms with van der Waals surface area (Å²) in [5, 5.41) is 0. The molecule has 0 spiro atoms. The molecular weight excluding hydrogens is 154 g/mol. The van der Waals surface area contributed by atoms with Gasteiger partial charge in [0.05, 0.1) is 17.9 Å². The van der Waals surface area contributed by atoms with E-state index in [2.05, 4.69) is 5.92 Å². The maximum atomic E-state index is 11.4. The standard InChI is InChI=1S/C9H9NO2/c1-3-5(2)10-8(11)6-4-7(6)9(10)12/h1,5-7H,4H2,2H3. The lowest BCUT2D eigenvalue weighted by Crippen LogP contribution is -2.39. The van der Waals surface area contributed by atoms with Gasteiger partial charge in [-0.05, 0) is 13.3 Å². The molecule has 0 N–H and O–H groups in total. The summed E-state index contributed by atoms with van der Waals surface area (Å²) in [4.78, 5) is 24.0. The van der Waals surface area contributed by atoms with Gasteiger partial charge in [-0.2, -0.15) is 0 Å². The highest BCUT2D eigenvalue weighted by Gasteiger charge is 2.59. The molecule has 3 atom stereocenters. The number of carbonyl (C=O) groups excluding carboxylic acids is 2. The van der Waals surface area contributed by atoms with Crippen molar-refractivity contribution in [2.45, 2.75) is 19.4 Å². The van der Waals surface area contributed by atoms with Crippen LogP contribution in [0.4, 0.5) is 0 Å². The van der Waals surface area contributed by atoms with Gasteiger partial charge in [0.1, 0.15) is 0 Å². The highest BCUT2D eigenvalue weighted by atomic mass is 16.2. The third-order valence-corrected chi connectivity index (χ3v) is 2.53. The van der Waals surface area contributed by atoms with E-state index in [1.807, 2.05) is 0 Å². The Hall–Kier alpha value is -1.30. The highest BCUT2D eigenvalue weighted by Crippen LogP contribution is 2.47. The zero-order valence-electron chi connectivity index (χ0n) is 6.78. The molecule has 0 aromatic rings. The number of carbonyl (C=O) groups is 2. The van der Waals surface area contributed by atoms with Crippen LogP contribution in [0, 0.1) is 24.2 Å². The number of imide groups is 1. The Kier molecular flexibility index (Phi) is 1.29. The smallest absolute Gasteiger partial charge is 0.234 e. The molecule has 3 heteroatoms. The van der Waals surface area contributed by atoms with Gasteiger partial charge in [0.25, 0.3) is 0 Å². The maximum absolute atomic E-state index is 11.4. The zero-order chi connectivity index (χ0) is 8.88. The van der Waals surface area contributed by atoms with E-state index in [4.69, 9.17) is 6.42 Å². The van der Waals surface area contributed by atoms with Gasteiger partial charge >= 0.3 is 0 Å². The first-order chi connectivity index (χ1) is 5.66. The molecule has 1 aliphatic carbocycles. The summed E-state index contributed by atoms with van der Waals surface area (Å²) in [5.41, 5.74) is 0. The molecule has 2 fully saturated rings. The van der Waals surface area contributed by atoms with Gasteiger partial charge in [-0.1, -0.05) is 5.92 Å². The minimum atomic E-state index is -0.377. The van der Waals surface area contributed by atoms with Gasteiger partial charge < -0.3 is 0 Å². The summed E-state index contributed by atoms with van der Waals surface area (Å²) in [6.07, 6.45) is 5.88. The Morgan fingerprint density at radius 1 is 1.50 bits per heavy atom.